The fourth-order valence-electron chi connectivity index (χ4n) is 1.55. The van der Waals surface area contributed by atoms with Gasteiger partial charge in [-0.05, 0) is 31.0 Å². The summed E-state index contributed by atoms with van der Waals surface area (Å²) in [6, 6.07) is 6.10. The van der Waals surface area contributed by atoms with Crippen molar-refractivity contribution in [3.63, 3.8) is 0 Å². The second-order valence-corrected chi connectivity index (χ2v) is 4.54. The predicted octanol–water partition coefficient (Wildman–Crippen LogP) is 3.28. The third-order valence-electron chi connectivity index (χ3n) is 2.44. The van der Waals surface area contributed by atoms with Crippen molar-refractivity contribution in [3.8, 4) is 0 Å². The molecule has 1 rings (SSSR count). The van der Waals surface area contributed by atoms with Crippen LogP contribution in [-0.2, 0) is 11.2 Å². The molecule has 1 amide bonds. The van der Waals surface area contributed by atoms with E-state index in [1.54, 1.807) is 31.2 Å². The molecular weight excluding hydrogens is 293 g/mol. The van der Waals surface area contributed by atoms with E-state index >= 15 is 0 Å². The van der Waals surface area contributed by atoms with Gasteiger partial charge in [0, 0.05) is 24.6 Å². The highest BCUT2D eigenvalue weighted by molar-refractivity contribution is 5.91. The summed E-state index contributed by atoms with van der Waals surface area (Å²) in [5.41, 5.74) is 6.63. The van der Waals surface area contributed by atoms with Crippen molar-refractivity contribution in [2.75, 3.05) is 5.32 Å². The number of amides is 1. The highest BCUT2D eigenvalue weighted by Crippen LogP contribution is 2.22. The van der Waals surface area contributed by atoms with Gasteiger partial charge in [0.15, 0.2) is 0 Å². The van der Waals surface area contributed by atoms with Crippen molar-refractivity contribution in [3.05, 3.63) is 29.8 Å². The van der Waals surface area contributed by atoms with Crippen molar-refractivity contribution >= 4 is 24.0 Å². The maximum absolute atomic E-state index is 12.0. The number of carbonyl (C=O) groups is 1. The smallest absolute Gasteiger partial charge is 0.327 e. The van der Waals surface area contributed by atoms with Crippen molar-refractivity contribution in [2.24, 2.45) is 5.73 Å². The molecule has 0 heterocycles. The highest BCUT2D eigenvalue weighted by Gasteiger charge is 2.26. The van der Waals surface area contributed by atoms with Crippen LogP contribution >= 0.6 is 12.4 Å². The lowest BCUT2D eigenvalue weighted by Gasteiger charge is -2.09. The molecule has 1 aromatic carbocycles. The van der Waals surface area contributed by atoms with Crippen molar-refractivity contribution in [1.82, 2.24) is 0 Å². The van der Waals surface area contributed by atoms with Gasteiger partial charge >= 0.3 is 6.18 Å². The number of alkyl halides is 3. The number of halogens is 4. The Morgan fingerprint density at radius 1 is 1.30 bits per heavy atom. The van der Waals surface area contributed by atoms with Crippen LogP contribution in [0, 0.1) is 0 Å². The monoisotopic (exact) mass is 310 g/mol. The molecule has 3 nitrogen and oxygen atoms in total. The first kappa shape index (κ1) is 18.7. The van der Waals surface area contributed by atoms with Gasteiger partial charge in [0.1, 0.15) is 0 Å². The van der Waals surface area contributed by atoms with Gasteiger partial charge in [-0.2, -0.15) is 13.2 Å². The van der Waals surface area contributed by atoms with Crippen LogP contribution in [0.3, 0.4) is 0 Å². The normalized spacial score (nSPS) is 12.4. The van der Waals surface area contributed by atoms with Crippen LogP contribution in [0.5, 0.6) is 0 Å². The molecule has 0 aliphatic heterocycles. The number of anilines is 1. The van der Waals surface area contributed by atoms with E-state index in [1.807, 2.05) is 0 Å². The minimum absolute atomic E-state index is 0. The Morgan fingerprint density at radius 3 is 2.30 bits per heavy atom. The Hall–Kier alpha value is -1.27. The number of nitrogens with two attached hydrogens (primary N) is 1. The average Bonchev–Trinajstić information content (AvgIpc) is 2.26. The molecule has 0 aliphatic carbocycles. The Labute approximate surface area is 122 Å². The Kier molecular flexibility index (Phi) is 7.60. The number of aryl methyl sites for hydroxylation is 1. The number of nitrogens with one attached hydrogen (secondary N) is 1. The molecule has 1 unspecified atom stereocenters. The zero-order chi connectivity index (χ0) is 14.5. The molecule has 0 radical (unpaired) electrons. The molecule has 1 aromatic rings. The Bertz CT molecular complexity index is 419. The SMILES string of the molecule is CC(N)CC(=O)Nc1ccc(CCC(F)(F)F)cc1.Cl. The van der Waals surface area contributed by atoms with Crippen LogP contribution < -0.4 is 11.1 Å². The van der Waals surface area contributed by atoms with E-state index in [0.29, 0.717) is 11.3 Å². The van der Waals surface area contributed by atoms with Gasteiger partial charge in [-0.15, -0.1) is 12.4 Å². The zero-order valence-corrected chi connectivity index (χ0v) is 11.9. The lowest BCUT2D eigenvalue weighted by atomic mass is 10.1. The minimum Gasteiger partial charge on any atom is -0.327 e. The standard InChI is InChI=1S/C13H17F3N2O.ClH/c1-9(17)8-12(19)18-11-4-2-10(3-5-11)6-7-13(14,15)16;/h2-5,9H,6-8,17H2,1H3,(H,18,19);1H. The lowest BCUT2D eigenvalue weighted by Crippen LogP contribution is -2.23. The maximum atomic E-state index is 12.0. The summed E-state index contributed by atoms with van der Waals surface area (Å²) in [6.45, 7) is 1.72. The van der Waals surface area contributed by atoms with Crippen molar-refractivity contribution in [2.45, 2.75) is 38.4 Å². The fourth-order valence-corrected chi connectivity index (χ4v) is 1.55. The Morgan fingerprint density at radius 2 is 1.85 bits per heavy atom. The third kappa shape index (κ3) is 8.01. The van der Waals surface area contributed by atoms with E-state index in [9.17, 15) is 18.0 Å². The van der Waals surface area contributed by atoms with Crippen LogP contribution in [-0.4, -0.2) is 18.1 Å². The number of benzene rings is 1. The average molecular weight is 311 g/mol. The molecule has 0 bridgehead atoms. The van der Waals surface area contributed by atoms with Crippen molar-refractivity contribution in [1.29, 1.82) is 0 Å². The molecule has 0 aliphatic rings. The van der Waals surface area contributed by atoms with E-state index in [2.05, 4.69) is 5.32 Å². The third-order valence-corrected chi connectivity index (χ3v) is 2.44. The molecule has 0 spiro atoms. The number of rotatable bonds is 5. The molecule has 7 heteroatoms. The van der Waals surface area contributed by atoms with Gasteiger partial charge in [0.25, 0.3) is 0 Å². The first-order valence-electron chi connectivity index (χ1n) is 5.97. The van der Waals surface area contributed by atoms with Crippen molar-refractivity contribution < 1.29 is 18.0 Å². The van der Waals surface area contributed by atoms with Crippen LogP contribution in [0.4, 0.5) is 18.9 Å². The zero-order valence-electron chi connectivity index (χ0n) is 11.0. The van der Waals surface area contributed by atoms with Gasteiger partial charge in [0.05, 0.1) is 0 Å². The summed E-state index contributed by atoms with van der Waals surface area (Å²) in [7, 11) is 0. The molecule has 0 saturated heterocycles. The van der Waals surface area contributed by atoms with Crippen LogP contribution in [0.2, 0.25) is 0 Å². The molecule has 0 saturated carbocycles. The van der Waals surface area contributed by atoms with Gasteiger partial charge in [-0.1, -0.05) is 12.1 Å². The predicted molar refractivity (Wildman–Crippen MR) is 75.0 cm³/mol. The molecule has 1 atom stereocenters. The first-order chi connectivity index (χ1) is 8.76. The number of hydrogen-bond donors (Lipinski definition) is 2. The van der Waals surface area contributed by atoms with Gasteiger partial charge in [-0.25, -0.2) is 0 Å². The van der Waals surface area contributed by atoms with Gasteiger partial charge < -0.3 is 11.1 Å². The summed E-state index contributed by atoms with van der Waals surface area (Å²) in [4.78, 5) is 11.4. The maximum Gasteiger partial charge on any atom is 0.389 e. The van der Waals surface area contributed by atoms with E-state index in [4.69, 9.17) is 5.73 Å². The second kappa shape index (κ2) is 8.11. The van der Waals surface area contributed by atoms with Crippen LogP contribution in [0.15, 0.2) is 24.3 Å². The van der Waals surface area contributed by atoms with E-state index in [0.717, 1.165) is 0 Å². The topological polar surface area (TPSA) is 55.1 Å². The Balaban J connectivity index is 0.00000361. The summed E-state index contributed by atoms with van der Waals surface area (Å²) in [6.07, 6.45) is -4.85. The first-order valence-corrected chi connectivity index (χ1v) is 5.97. The van der Waals surface area contributed by atoms with Crippen LogP contribution in [0.1, 0.15) is 25.3 Å². The molecule has 3 N–H and O–H groups in total. The quantitative estimate of drug-likeness (QED) is 0.877. The summed E-state index contributed by atoms with van der Waals surface area (Å²) in [5, 5.41) is 2.63. The van der Waals surface area contributed by atoms with E-state index in [1.165, 1.54) is 0 Å². The molecule has 20 heavy (non-hydrogen) atoms. The molecular formula is C13H18ClF3N2O. The van der Waals surface area contributed by atoms with Gasteiger partial charge in [-0.3, -0.25) is 4.79 Å². The summed E-state index contributed by atoms with van der Waals surface area (Å²) < 4.78 is 36.1. The fraction of sp³-hybridized carbons (Fsp3) is 0.462. The minimum atomic E-state index is -4.15. The molecule has 0 fully saturated rings. The summed E-state index contributed by atoms with van der Waals surface area (Å²) in [5.74, 6) is -0.210. The second-order valence-electron chi connectivity index (χ2n) is 4.54. The van der Waals surface area contributed by atoms with E-state index < -0.39 is 12.6 Å². The number of carbonyl (C=O) groups excluding carboxylic acids is 1. The molecule has 0 aromatic heterocycles. The summed E-state index contributed by atoms with van der Waals surface area (Å²) >= 11 is 0. The largest absolute Gasteiger partial charge is 0.389 e. The highest BCUT2D eigenvalue weighted by atomic mass is 35.5. The molecule has 114 valence electrons. The number of hydrogen-bond acceptors (Lipinski definition) is 2. The van der Waals surface area contributed by atoms with E-state index in [-0.39, 0.29) is 37.2 Å². The lowest BCUT2D eigenvalue weighted by molar-refractivity contribution is -0.134. The van der Waals surface area contributed by atoms with Gasteiger partial charge in [0.2, 0.25) is 5.91 Å². The van der Waals surface area contributed by atoms with Crippen LogP contribution in [0.25, 0.3) is 0 Å².